The number of rotatable bonds is 19. The zero-order chi connectivity index (χ0) is 31.6. The van der Waals surface area contributed by atoms with Crippen LogP contribution in [0.15, 0.2) is 49.6 Å². The van der Waals surface area contributed by atoms with Crippen LogP contribution in [0.5, 0.6) is 0 Å². The third kappa shape index (κ3) is 14.7. The number of ether oxygens (including phenoxy) is 3. The number of thioether (sulfide) groups is 6. The first-order valence-electron chi connectivity index (χ1n) is 14.2. The molecule has 2 heterocycles. The summed E-state index contributed by atoms with van der Waals surface area (Å²) >= 11 is 11.1. The maximum atomic E-state index is 12.7. The molecule has 0 aliphatic carbocycles. The molecule has 44 heavy (non-hydrogen) atoms. The highest BCUT2D eigenvalue weighted by molar-refractivity contribution is 8.08. The number of benzene rings is 1. The highest BCUT2D eigenvalue weighted by atomic mass is 32.2. The fraction of sp³-hybridized carbons (Fsp3) is 0.567. The first-order chi connectivity index (χ1) is 21.4. The lowest BCUT2D eigenvalue weighted by molar-refractivity contribution is -0.324. The molecule has 0 spiro atoms. The summed E-state index contributed by atoms with van der Waals surface area (Å²) in [6.45, 7) is 8.78. The van der Waals surface area contributed by atoms with Crippen molar-refractivity contribution in [2.24, 2.45) is 0 Å². The lowest BCUT2D eigenvalue weighted by Crippen LogP contribution is -2.30. The summed E-state index contributed by atoms with van der Waals surface area (Å²) in [5.74, 6) is 7.63. The van der Waals surface area contributed by atoms with Crippen molar-refractivity contribution in [2.45, 2.75) is 41.7 Å². The summed E-state index contributed by atoms with van der Waals surface area (Å²) < 4.78 is 16.3. The molecule has 0 radical (unpaired) electrons. The molecule has 3 rings (SSSR count). The second-order valence-corrected chi connectivity index (χ2v) is 17.0. The summed E-state index contributed by atoms with van der Waals surface area (Å²) in [5.41, 5.74) is 0.642. The molecule has 5 unspecified atom stereocenters. The molecule has 8 nitrogen and oxygen atoms in total. The van der Waals surface area contributed by atoms with Crippen molar-refractivity contribution >= 4 is 88.5 Å². The van der Waals surface area contributed by atoms with Crippen molar-refractivity contribution in [3.05, 3.63) is 60.7 Å². The Kier molecular flexibility index (Phi) is 18.7. The van der Waals surface area contributed by atoms with Crippen LogP contribution in [-0.2, 0) is 40.2 Å². The van der Waals surface area contributed by atoms with Gasteiger partial charge in [-0.05, 0) is 24.6 Å². The summed E-state index contributed by atoms with van der Waals surface area (Å²) in [7, 11) is 0. The molecule has 244 valence electrons. The quantitative estimate of drug-likeness (QED) is 0.0418. The van der Waals surface area contributed by atoms with E-state index in [-0.39, 0.29) is 13.2 Å². The summed E-state index contributed by atoms with van der Waals surface area (Å²) in [4.78, 5) is 47.5. The van der Waals surface area contributed by atoms with Crippen molar-refractivity contribution in [1.82, 2.24) is 0 Å². The lowest BCUT2D eigenvalue weighted by Gasteiger charge is -2.26. The smallest absolute Gasteiger partial charge is 0.338 e. The van der Waals surface area contributed by atoms with Crippen LogP contribution in [0, 0.1) is 0 Å². The highest BCUT2D eigenvalue weighted by Gasteiger charge is 2.26. The predicted octanol–water partition coefficient (Wildman–Crippen LogP) is 6.00. The Morgan fingerprint density at radius 3 is 2.18 bits per heavy atom. The number of carbonyl (C=O) groups excluding carboxylic acids is 3. The average molecular weight is 721 g/mol. The van der Waals surface area contributed by atoms with Crippen molar-refractivity contribution < 1.29 is 38.4 Å². The van der Waals surface area contributed by atoms with E-state index in [1.165, 1.54) is 11.5 Å². The predicted molar refractivity (Wildman–Crippen MR) is 189 cm³/mol. The van der Waals surface area contributed by atoms with E-state index in [4.69, 9.17) is 24.0 Å². The van der Waals surface area contributed by atoms with Gasteiger partial charge in [0, 0.05) is 74.4 Å². The van der Waals surface area contributed by atoms with Crippen LogP contribution in [0.2, 0.25) is 0 Å². The molecule has 14 heteroatoms. The summed E-state index contributed by atoms with van der Waals surface area (Å²) in [6.07, 6.45) is 1.14. The normalized spacial score (nSPS) is 20.5. The molecular weight excluding hydrogens is 681 g/mol. The van der Waals surface area contributed by atoms with Crippen LogP contribution in [0.25, 0.3) is 0 Å². The molecule has 2 aliphatic heterocycles. The third-order valence-corrected chi connectivity index (χ3v) is 14.8. The minimum absolute atomic E-state index is 0.0393. The fourth-order valence-electron chi connectivity index (χ4n) is 3.81. The van der Waals surface area contributed by atoms with Gasteiger partial charge in [-0.25, -0.2) is 24.2 Å². The topological polar surface area (TPSA) is 97.4 Å². The lowest BCUT2D eigenvalue weighted by atomic mass is 10.1. The zero-order valence-corrected chi connectivity index (χ0v) is 29.7. The minimum atomic E-state index is -0.560. The van der Waals surface area contributed by atoms with Crippen LogP contribution in [0.3, 0.4) is 0 Å². The number of esters is 3. The first-order valence-corrected chi connectivity index (χ1v) is 20.8. The Morgan fingerprint density at radius 1 is 0.932 bits per heavy atom. The van der Waals surface area contributed by atoms with Crippen molar-refractivity contribution in [2.75, 3.05) is 58.4 Å². The van der Waals surface area contributed by atoms with Crippen LogP contribution in [-0.4, -0.2) is 104 Å². The number of carbonyl (C=O) groups is 3. The van der Waals surface area contributed by atoms with Crippen LogP contribution in [0.1, 0.15) is 22.8 Å². The third-order valence-electron chi connectivity index (χ3n) is 6.10. The molecule has 1 aromatic rings. The monoisotopic (exact) mass is 720 g/mol. The fourth-order valence-corrected chi connectivity index (χ4v) is 12.1. The molecule has 0 N–H and O–H groups in total. The van der Waals surface area contributed by atoms with Gasteiger partial charge in [0.25, 0.3) is 0 Å². The van der Waals surface area contributed by atoms with Crippen LogP contribution < -0.4 is 0 Å². The molecule has 0 bridgehead atoms. The molecule has 2 fully saturated rings. The highest BCUT2D eigenvalue weighted by Crippen LogP contribution is 2.30. The molecule has 5 atom stereocenters. The van der Waals surface area contributed by atoms with Gasteiger partial charge in [-0.3, -0.25) is 0 Å². The molecule has 0 aromatic heterocycles. The second-order valence-electron chi connectivity index (χ2n) is 9.64. The molecule has 0 saturated carbocycles. The zero-order valence-electron chi connectivity index (χ0n) is 24.8. The maximum Gasteiger partial charge on any atom is 0.338 e. The van der Waals surface area contributed by atoms with E-state index < -0.39 is 35.6 Å². The Hall–Kier alpha value is -0.870. The number of hydrogen-bond acceptors (Lipinski definition) is 14. The van der Waals surface area contributed by atoms with E-state index in [1.807, 2.05) is 47.0 Å². The maximum absolute atomic E-state index is 12.7. The SMILES string of the molecule is C=CC(=O)OC(COC(=O)c1ccc(COOC(SCC2CSCCS2)C(C)OC(=O)C=C)cc1)CSCC1CSCCS1. The standard InChI is InChI=1S/C30H40O8S6/c1-4-27(31)36-21(3)30(44-20-26-18-40-11-13-43-26)38-35-14-22-6-8-23(9-7-22)29(33)34-15-24(37-28(32)5-2)16-41-19-25-17-39-10-12-42-25/h4-9,21,24-26,30H,1-2,10-20H2,3H3. The Bertz CT molecular complexity index is 1050. The van der Waals surface area contributed by atoms with E-state index in [1.54, 1.807) is 54.7 Å². The minimum Gasteiger partial charge on any atom is -0.458 e. The van der Waals surface area contributed by atoms with Gasteiger partial charge in [0.15, 0.2) is 5.44 Å². The van der Waals surface area contributed by atoms with Gasteiger partial charge in [-0.1, -0.05) is 25.3 Å². The van der Waals surface area contributed by atoms with E-state index in [0.717, 1.165) is 52.2 Å². The van der Waals surface area contributed by atoms with Crippen molar-refractivity contribution in [3.63, 3.8) is 0 Å². The summed E-state index contributed by atoms with van der Waals surface area (Å²) in [6, 6.07) is 6.81. The van der Waals surface area contributed by atoms with Gasteiger partial charge in [-0.2, -0.15) is 58.8 Å². The van der Waals surface area contributed by atoms with Gasteiger partial charge in [0.1, 0.15) is 25.4 Å². The average Bonchev–Trinajstić information content (AvgIpc) is 3.05. The molecule has 2 saturated heterocycles. The van der Waals surface area contributed by atoms with Crippen molar-refractivity contribution in [3.8, 4) is 0 Å². The molecule has 2 aliphatic rings. The van der Waals surface area contributed by atoms with E-state index >= 15 is 0 Å². The van der Waals surface area contributed by atoms with E-state index in [9.17, 15) is 14.4 Å². The van der Waals surface area contributed by atoms with Crippen LogP contribution >= 0.6 is 70.6 Å². The van der Waals surface area contributed by atoms with E-state index in [2.05, 4.69) is 13.2 Å². The second kappa shape index (κ2) is 21.8. The molecular formula is C30H40O8S6. The summed E-state index contributed by atoms with van der Waals surface area (Å²) in [5, 5.41) is 1.08. The molecule has 1 aromatic carbocycles. The largest absolute Gasteiger partial charge is 0.458 e. The van der Waals surface area contributed by atoms with Gasteiger partial charge >= 0.3 is 17.9 Å². The Labute approximate surface area is 286 Å². The Balaban J connectivity index is 1.45. The Morgan fingerprint density at radius 2 is 1.57 bits per heavy atom. The van der Waals surface area contributed by atoms with Crippen molar-refractivity contribution in [1.29, 1.82) is 0 Å². The van der Waals surface area contributed by atoms with Gasteiger partial charge in [0.2, 0.25) is 0 Å². The van der Waals surface area contributed by atoms with Gasteiger partial charge < -0.3 is 14.2 Å². The number of hydrogen-bond donors (Lipinski definition) is 0. The first kappa shape index (κ1) is 37.6. The van der Waals surface area contributed by atoms with Gasteiger partial charge in [-0.15, -0.1) is 11.8 Å². The van der Waals surface area contributed by atoms with Crippen LogP contribution in [0.4, 0.5) is 0 Å². The van der Waals surface area contributed by atoms with E-state index in [0.29, 0.717) is 21.8 Å². The van der Waals surface area contributed by atoms with Gasteiger partial charge in [0.05, 0.1) is 5.56 Å². The molecule has 0 amide bonds.